The molecule has 0 aromatic rings. The van der Waals surface area contributed by atoms with Crippen LogP contribution in [0.5, 0.6) is 0 Å². The van der Waals surface area contributed by atoms with Crippen molar-refractivity contribution in [3.8, 4) is 0 Å². The van der Waals surface area contributed by atoms with Crippen molar-refractivity contribution in [2.45, 2.75) is 51.2 Å². The molecule has 2 nitrogen and oxygen atoms in total. The SMILES string of the molecule is CCNC(CC1CC1)C1CCCO1. The number of nitrogens with one attached hydrogen (secondary N) is 1. The van der Waals surface area contributed by atoms with Gasteiger partial charge in [-0.3, -0.25) is 0 Å². The van der Waals surface area contributed by atoms with Gasteiger partial charge in [0.1, 0.15) is 0 Å². The van der Waals surface area contributed by atoms with E-state index < -0.39 is 0 Å². The maximum atomic E-state index is 5.73. The Bertz CT molecular complexity index is 150. The van der Waals surface area contributed by atoms with Gasteiger partial charge in [0.2, 0.25) is 0 Å². The molecule has 0 bridgehead atoms. The molecule has 2 fully saturated rings. The second-order valence-corrected chi connectivity index (χ2v) is 4.39. The topological polar surface area (TPSA) is 21.3 Å². The van der Waals surface area contributed by atoms with E-state index in [2.05, 4.69) is 12.2 Å². The molecule has 13 heavy (non-hydrogen) atoms. The summed E-state index contributed by atoms with van der Waals surface area (Å²) in [5, 5.41) is 3.57. The highest BCUT2D eigenvalue weighted by Gasteiger charge is 2.31. The molecule has 2 aliphatic rings. The summed E-state index contributed by atoms with van der Waals surface area (Å²) < 4.78 is 5.73. The fourth-order valence-corrected chi connectivity index (χ4v) is 2.26. The smallest absolute Gasteiger partial charge is 0.0728 e. The first kappa shape index (κ1) is 9.47. The molecule has 1 saturated heterocycles. The Labute approximate surface area is 81.0 Å². The average Bonchev–Trinajstić information content (AvgIpc) is 2.80. The second kappa shape index (κ2) is 4.43. The van der Waals surface area contributed by atoms with E-state index in [4.69, 9.17) is 4.74 Å². The average molecular weight is 183 g/mol. The van der Waals surface area contributed by atoms with Crippen molar-refractivity contribution in [2.24, 2.45) is 5.92 Å². The molecule has 2 heteroatoms. The molecule has 1 aliphatic carbocycles. The molecule has 2 atom stereocenters. The molecular weight excluding hydrogens is 162 g/mol. The molecule has 1 heterocycles. The van der Waals surface area contributed by atoms with Gasteiger partial charge < -0.3 is 10.1 Å². The van der Waals surface area contributed by atoms with Gasteiger partial charge in [0.15, 0.2) is 0 Å². The molecule has 0 aromatic heterocycles. The fourth-order valence-electron chi connectivity index (χ4n) is 2.26. The van der Waals surface area contributed by atoms with Crippen LogP contribution >= 0.6 is 0 Å². The number of hydrogen-bond acceptors (Lipinski definition) is 2. The van der Waals surface area contributed by atoms with E-state index in [1.807, 2.05) is 0 Å². The number of ether oxygens (including phenoxy) is 1. The van der Waals surface area contributed by atoms with Crippen LogP contribution in [0.1, 0.15) is 39.0 Å². The van der Waals surface area contributed by atoms with E-state index in [0.29, 0.717) is 12.1 Å². The Kier molecular flexibility index (Phi) is 3.23. The van der Waals surface area contributed by atoms with Gasteiger partial charge in [-0.15, -0.1) is 0 Å². The van der Waals surface area contributed by atoms with Gasteiger partial charge in [-0.05, 0) is 31.7 Å². The summed E-state index contributed by atoms with van der Waals surface area (Å²) in [4.78, 5) is 0. The van der Waals surface area contributed by atoms with E-state index in [-0.39, 0.29) is 0 Å². The summed E-state index contributed by atoms with van der Waals surface area (Å²) in [5.74, 6) is 1.01. The molecule has 0 aromatic carbocycles. The molecule has 2 unspecified atom stereocenters. The summed E-state index contributed by atoms with van der Waals surface area (Å²) >= 11 is 0. The van der Waals surface area contributed by atoms with Crippen LogP contribution in [0.2, 0.25) is 0 Å². The lowest BCUT2D eigenvalue weighted by Gasteiger charge is -2.23. The van der Waals surface area contributed by atoms with Crippen LogP contribution in [0.25, 0.3) is 0 Å². The minimum absolute atomic E-state index is 0.514. The van der Waals surface area contributed by atoms with Crippen LogP contribution in [-0.2, 0) is 4.74 Å². The first-order chi connectivity index (χ1) is 6.40. The number of rotatable bonds is 5. The van der Waals surface area contributed by atoms with E-state index in [1.54, 1.807) is 0 Å². The molecule has 1 aliphatic heterocycles. The minimum atomic E-state index is 0.514. The summed E-state index contributed by atoms with van der Waals surface area (Å²) in [7, 11) is 0. The van der Waals surface area contributed by atoms with Gasteiger partial charge in [0.25, 0.3) is 0 Å². The van der Waals surface area contributed by atoms with E-state index >= 15 is 0 Å². The van der Waals surface area contributed by atoms with Crippen LogP contribution in [-0.4, -0.2) is 25.3 Å². The van der Waals surface area contributed by atoms with Gasteiger partial charge in [-0.25, -0.2) is 0 Å². The zero-order valence-electron chi connectivity index (χ0n) is 8.59. The Balaban J connectivity index is 1.79. The quantitative estimate of drug-likeness (QED) is 0.703. The molecule has 0 radical (unpaired) electrons. The molecule has 0 spiro atoms. The first-order valence-corrected chi connectivity index (χ1v) is 5.75. The van der Waals surface area contributed by atoms with Gasteiger partial charge in [-0.1, -0.05) is 19.8 Å². The highest BCUT2D eigenvalue weighted by atomic mass is 16.5. The van der Waals surface area contributed by atoms with Crippen LogP contribution < -0.4 is 5.32 Å². The van der Waals surface area contributed by atoms with Crippen LogP contribution in [0, 0.1) is 5.92 Å². The maximum absolute atomic E-state index is 5.73. The lowest BCUT2D eigenvalue weighted by molar-refractivity contribution is 0.0743. The van der Waals surface area contributed by atoms with Crippen molar-refractivity contribution in [3.05, 3.63) is 0 Å². The molecule has 76 valence electrons. The second-order valence-electron chi connectivity index (χ2n) is 4.39. The summed E-state index contributed by atoms with van der Waals surface area (Å²) in [5.41, 5.74) is 0. The van der Waals surface area contributed by atoms with Crippen LogP contribution in [0.4, 0.5) is 0 Å². The summed E-state index contributed by atoms with van der Waals surface area (Å²) in [6.45, 7) is 4.25. The fraction of sp³-hybridized carbons (Fsp3) is 1.00. The van der Waals surface area contributed by atoms with Crippen molar-refractivity contribution in [3.63, 3.8) is 0 Å². The van der Waals surface area contributed by atoms with Gasteiger partial charge in [0, 0.05) is 12.6 Å². The molecule has 1 saturated carbocycles. The van der Waals surface area contributed by atoms with Crippen molar-refractivity contribution < 1.29 is 4.74 Å². The first-order valence-electron chi connectivity index (χ1n) is 5.75. The van der Waals surface area contributed by atoms with Gasteiger partial charge in [-0.2, -0.15) is 0 Å². The number of likely N-dealkylation sites (N-methyl/N-ethyl adjacent to an activating group) is 1. The largest absolute Gasteiger partial charge is 0.377 e. The lowest BCUT2D eigenvalue weighted by Crippen LogP contribution is -2.39. The molecule has 2 rings (SSSR count). The Morgan fingerprint density at radius 3 is 2.77 bits per heavy atom. The van der Waals surface area contributed by atoms with Crippen molar-refractivity contribution in [1.82, 2.24) is 5.32 Å². The predicted octanol–water partition coefficient (Wildman–Crippen LogP) is 1.94. The summed E-state index contributed by atoms with van der Waals surface area (Å²) in [6.07, 6.45) is 7.30. The zero-order chi connectivity index (χ0) is 9.10. The van der Waals surface area contributed by atoms with Crippen LogP contribution in [0.15, 0.2) is 0 Å². The van der Waals surface area contributed by atoms with Gasteiger partial charge >= 0.3 is 0 Å². The third kappa shape index (κ3) is 2.68. The normalized spacial score (nSPS) is 30.7. The van der Waals surface area contributed by atoms with Crippen molar-refractivity contribution in [2.75, 3.05) is 13.2 Å². The summed E-state index contributed by atoms with van der Waals surface area (Å²) in [6, 6.07) is 0.639. The third-order valence-corrected chi connectivity index (χ3v) is 3.16. The van der Waals surface area contributed by atoms with E-state index in [1.165, 1.54) is 32.1 Å². The maximum Gasteiger partial charge on any atom is 0.0728 e. The highest BCUT2D eigenvalue weighted by Crippen LogP contribution is 2.35. The zero-order valence-corrected chi connectivity index (χ0v) is 8.59. The lowest BCUT2D eigenvalue weighted by atomic mass is 10.0. The molecule has 1 N–H and O–H groups in total. The van der Waals surface area contributed by atoms with E-state index in [9.17, 15) is 0 Å². The Hall–Kier alpha value is -0.0800. The minimum Gasteiger partial charge on any atom is -0.377 e. The Morgan fingerprint density at radius 1 is 1.38 bits per heavy atom. The van der Waals surface area contributed by atoms with Gasteiger partial charge in [0.05, 0.1) is 6.10 Å². The molecular formula is C11H21NO. The monoisotopic (exact) mass is 183 g/mol. The molecule has 0 amide bonds. The van der Waals surface area contributed by atoms with Crippen molar-refractivity contribution in [1.29, 1.82) is 0 Å². The predicted molar refractivity (Wildman–Crippen MR) is 53.8 cm³/mol. The van der Waals surface area contributed by atoms with E-state index in [0.717, 1.165) is 19.1 Å². The van der Waals surface area contributed by atoms with Crippen molar-refractivity contribution >= 4 is 0 Å². The Morgan fingerprint density at radius 2 is 2.23 bits per heavy atom. The third-order valence-electron chi connectivity index (χ3n) is 3.16. The number of hydrogen-bond donors (Lipinski definition) is 1. The van der Waals surface area contributed by atoms with Crippen LogP contribution in [0.3, 0.4) is 0 Å². The standard InChI is InChI=1S/C11H21NO/c1-2-12-10(8-9-5-6-9)11-4-3-7-13-11/h9-12H,2-8H2,1H3. The highest BCUT2D eigenvalue weighted by molar-refractivity contribution is 4.86.